The van der Waals surface area contributed by atoms with Crippen molar-refractivity contribution in [3.05, 3.63) is 89.0 Å². The van der Waals surface area contributed by atoms with Crippen LogP contribution in [0.3, 0.4) is 0 Å². The smallest absolute Gasteiger partial charge is 0.248 e. The Morgan fingerprint density at radius 2 is 1.77 bits per heavy atom. The number of methoxy groups -OCH3 is 2. The maximum absolute atomic E-state index is 12.2. The van der Waals surface area contributed by atoms with Gasteiger partial charge in [-0.2, -0.15) is 0 Å². The van der Waals surface area contributed by atoms with Crippen LogP contribution in [0.2, 0.25) is 5.02 Å². The molecule has 0 aliphatic rings. The summed E-state index contributed by atoms with van der Waals surface area (Å²) < 4.78 is 16.4. The van der Waals surface area contributed by atoms with Crippen LogP contribution in [-0.2, 0) is 11.4 Å². The molecular weight excluding hydrogens is 402 g/mol. The summed E-state index contributed by atoms with van der Waals surface area (Å²) in [5.41, 5.74) is 2.47. The Kier molecular flexibility index (Phi) is 7.35. The van der Waals surface area contributed by atoms with Crippen LogP contribution >= 0.6 is 11.6 Å². The molecule has 5 nitrogen and oxygen atoms in total. The lowest BCUT2D eigenvalue weighted by Crippen LogP contribution is -2.07. The highest BCUT2D eigenvalue weighted by Gasteiger charge is 2.06. The molecule has 0 saturated carbocycles. The maximum atomic E-state index is 12.2. The van der Waals surface area contributed by atoms with E-state index in [0.29, 0.717) is 34.6 Å². The fourth-order valence-corrected chi connectivity index (χ4v) is 2.83. The lowest BCUT2D eigenvalue weighted by atomic mass is 10.2. The first-order valence-electron chi connectivity index (χ1n) is 9.26. The number of carbonyl (C=O) groups excluding carboxylic acids is 1. The van der Waals surface area contributed by atoms with Crippen LogP contribution in [0.15, 0.2) is 72.8 Å². The summed E-state index contributed by atoms with van der Waals surface area (Å²) in [5, 5.41) is 3.48. The van der Waals surface area contributed by atoms with Gasteiger partial charge in [0.15, 0.2) is 11.5 Å². The molecule has 154 valence electrons. The Balaban J connectivity index is 1.63. The third-order valence-corrected chi connectivity index (χ3v) is 4.51. The van der Waals surface area contributed by atoms with Crippen molar-refractivity contribution >= 4 is 29.3 Å². The van der Waals surface area contributed by atoms with E-state index in [4.69, 9.17) is 25.8 Å². The minimum Gasteiger partial charge on any atom is -0.497 e. The van der Waals surface area contributed by atoms with Gasteiger partial charge in [-0.05, 0) is 53.6 Å². The Bertz CT molecular complexity index is 1030. The number of hydrogen-bond donors (Lipinski definition) is 1. The van der Waals surface area contributed by atoms with Gasteiger partial charge < -0.3 is 19.5 Å². The number of rotatable bonds is 8. The fraction of sp³-hybridized carbons (Fsp3) is 0.125. The second-order valence-corrected chi connectivity index (χ2v) is 6.82. The highest BCUT2D eigenvalue weighted by molar-refractivity contribution is 6.30. The van der Waals surface area contributed by atoms with E-state index in [1.807, 2.05) is 54.6 Å². The second-order valence-electron chi connectivity index (χ2n) is 6.38. The van der Waals surface area contributed by atoms with E-state index in [2.05, 4.69) is 5.32 Å². The van der Waals surface area contributed by atoms with Crippen molar-refractivity contribution < 1.29 is 19.0 Å². The molecule has 1 N–H and O–H groups in total. The molecule has 0 fully saturated rings. The topological polar surface area (TPSA) is 56.8 Å². The first-order valence-corrected chi connectivity index (χ1v) is 9.63. The number of hydrogen-bond acceptors (Lipinski definition) is 4. The zero-order valence-electron chi connectivity index (χ0n) is 16.7. The molecule has 0 aromatic heterocycles. The molecule has 0 aliphatic heterocycles. The third-order valence-electron chi connectivity index (χ3n) is 4.26. The van der Waals surface area contributed by atoms with Gasteiger partial charge in [-0.3, -0.25) is 4.79 Å². The zero-order valence-corrected chi connectivity index (χ0v) is 17.5. The van der Waals surface area contributed by atoms with Gasteiger partial charge in [0, 0.05) is 22.9 Å². The van der Waals surface area contributed by atoms with Crippen LogP contribution in [-0.4, -0.2) is 20.1 Å². The van der Waals surface area contributed by atoms with Crippen LogP contribution in [0.1, 0.15) is 11.1 Å². The number of amides is 1. The maximum Gasteiger partial charge on any atom is 0.248 e. The summed E-state index contributed by atoms with van der Waals surface area (Å²) in [6.45, 7) is 0.395. The summed E-state index contributed by atoms with van der Waals surface area (Å²) in [7, 11) is 3.16. The molecule has 0 heterocycles. The molecule has 3 aromatic carbocycles. The van der Waals surface area contributed by atoms with E-state index in [-0.39, 0.29) is 5.91 Å². The third kappa shape index (κ3) is 6.03. The largest absolute Gasteiger partial charge is 0.497 e. The van der Waals surface area contributed by atoms with Crippen molar-refractivity contribution in [3.8, 4) is 17.2 Å². The van der Waals surface area contributed by atoms with Crippen LogP contribution < -0.4 is 19.5 Å². The molecule has 0 spiro atoms. The van der Waals surface area contributed by atoms with Crippen molar-refractivity contribution in [2.75, 3.05) is 19.5 Å². The fourth-order valence-electron chi connectivity index (χ4n) is 2.71. The van der Waals surface area contributed by atoms with Crippen LogP contribution in [0, 0.1) is 0 Å². The van der Waals surface area contributed by atoms with Gasteiger partial charge in [0.05, 0.1) is 14.2 Å². The number of benzene rings is 3. The normalized spacial score (nSPS) is 10.6. The zero-order chi connectivity index (χ0) is 21.3. The summed E-state index contributed by atoms with van der Waals surface area (Å²) in [6, 6.07) is 20.1. The van der Waals surface area contributed by atoms with Crippen molar-refractivity contribution in [1.29, 1.82) is 0 Å². The van der Waals surface area contributed by atoms with Gasteiger partial charge in [0.2, 0.25) is 5.91 Å². The van der Waals surface area contributed by atoms with E-state index < -0.39 is 0 Å². The van der Waals surface area contributed by atoms with Gasteiger partial charge >= 0.3 is 0 Å². The lowest BCUT2D eigenvalue weighted by molar-refractivity contribution is -0.111. The lowest BCUT2D eigenvalue weighted by Gasteiger charge is -2.11. The Morgan fingerprint density at radius 3 is 2.50 bits per heavy atom. The van der Waals surface area contributed by atoms with E-state index in [1.165, 1.54) is 6.08 Å². The summed E-state index contributed by atoms with van der Waals surface area (Å²) in [6.07, 6.45) is 3.17. The average Bonchev–Trinajstić information content (AvgIpc) is 2.77. The number of halogens is 1. The van der Waals surface area contributed by atoms with Gasteiger partial charge in [-0.1, -0.05) is 35.9 Å². The summed E-state index contributed by atoms with van der Waals surface area (Å²) in [4.78, 5) is 12.2. The minimum atomic E-state index is -0.245. The summed E-state index contributed by atoms with van der Waals surface area (Å²) in [5.74, 6) is 1.63. The van der Waals surface area contributed by atoms with Crippen molar-refractivity contribution in [3.63, 3.8) is 0 Å². The number of ether oxygens (including phenoxy) is 3. The van der Waals surface area contributed by atoms with Crippen LogP contribution in [0.25, 0.3) is 6.08 Å². The Hall–Kier alpha value is -3.44. The predicted molar refractivity (Wildman–Crippen MR) is 119 cm³/mol. The SMILES string of the molecule is COc1cccc(NC(=O)C=Cc2ccc(OCc3ccc(Cl)cc3)c(OC)c2)c1. The predicted octanol–water partition coefficient (Wildman–Crippen LogP) is 5.59. The molecule has 0 atom stereocenters. The molecule has 3 aromatic rings. The average molecular weight is 424 g/mol. The minimum absolute atomic E-state index is 0.245. The van der Waals surface area contributed by atoms with Gasteiger partial charge in [-0.15, -0.1) is 0 Å². The van der Waals surface area contributed by atoms with Gasteiger partial charge in [-0.25, -0.2) is 0 Å². The van der Waals surface area contributed by atoms with E-state index in [9.17, 15) is 4.79 Å². The van der Waals surface area contributed by atoms with Crippen LogP contribution in [0.4, 0.5) is 5.69 Å². The highest BCUT2D eigenvalue weighted by Crippen LogP contribution is 2.29. The van der Waals surface area contributed by atoms with Crippen molar-refractivity contribution in [2.45, 2.75) is 6.61 Å². The molecule has 0 radical (unpaired) electrons. The summed E-state index contributed by atoms with van der Waals surface area (Å²) >= 11 is 5.90. The van der Waals surface area contributed by atoms with E-state index in [1.54, 1.807) is 32.4 Å². The quantitative estimate of drug-likeness (QED) is 0.480. The van der Waals surface area contributed by atoms with Crippen LogP contribution in [0.5, 0.6) is 17.2 Å². The molecule has 0 aliphatic carbocycles. The molecule has 1 amide bonds. The van der Waals surface area contributed by atoms with Gasteiger partial charge in [0.1, 0.15) is 12.4 Å². The van der Waals surface area contributed by atoms with E-state index in [0.717, 1.165) is 11.1 Å². The monoisotopic (exact) mass is 423 g/mol. The molecular formula is C24H22ClNO4. The van der Waals surface area contributed by atoms with Crippen molar-refractivity contribution in [1.82, 2.24) is 0 Å². The molecule has 6 heteroatoms. The molecule has 30 heavy (non-hydrogen) atoms. The Morgan fingerprint density at radius 1 is 0.967 bits per heavy atom. The number of nitrogens with one attached hydrogen (secondary N) is 1. The number of carbonyl (C=O) groups is 1. The molecule has 0 saturated heterocycles. The van der Waals surface area contributed by atoms with Gasteiger partial charge in [0.25, 0.3) is 0 Å². The van der Waals surface area contributed by atoms with Crippen molar-refractivity contribution in [2.24, 2.45) is 0 Å². The molecule has 3 rings (SSSR count). The second kappa shape index (κ2) is 10.4. The molecule has 0 unspecified atom stereocenters. The standard InChI is InChI=1S/C24H22ClNO4/c1-28-21-5-3-4-20(15-21)26-24(27)13-9-17-8-12-22(23(14-17)29-2)30-16-18-6-10-19(25)11-7-18/h3-15H,16H2,1-2H3,(H,26,27). The Labute approximate surface area is 180 Å². The first kappa shape index (κ1) is 21.3. The van der Waals surface area contributed by atoms with E-state index >= 15 is 0 Å². The number of anilines is 1. The molecule has 0 bridgehead atoms. The highest BCUT2D eigenvalue weighted by atomic mass is 35.5. The first-order chi connectivity index (χ1) is 14.6.